The Kier molecular flexibility index (Phi) is 16.2. The van der Waals surface area contributed by atoms with E-state index in [1.54, 1.807) is 60.9 Å². The number of guanidine groups is 1. The molecule has 0 fully saturated rings. The molecule has 0 atom stereocenters. The Bertz CT molecular complexity index is 2890. The Morgan fingerprint density at radius 3 is 1.73 bits per heavy atom. The molecule has 0 spiro atoms. The third-order valence-corrected chi connectivity index (χ3v) is 10.1. The van der Waals surface area contributed by atoms with Gasteiger partial charge in [0.1, 0.15) is 0 Å². The first-order valence-corrected chi connectivity index (χ1v) is 20.2. The zero-order chi connectivity index (χ0) is 45.4. The number of fused-ring (bicyclic) bond motifs is 2. The number of pyridine rings is 4. The summed E-state index contributed by atoms with van der Waals surface area (Å²) in [6, 6.07) is 19.0. The van der Waals surface area contributed by atoms with E-state index in [1.165, 1.54) is 0 Å². The summed E-state index contributed by atoms with van der Waals surface area (Å²) in [5.74, 6) is 0.0370. The Balaban J connectivity index is 0.000000243. The predicted octanol–water partition coefficient (Wildman–Crippen LogP) is 8.48. The molecule has 0 unspecified atom stereocenters. The molecule has 0 bridgehead atoms. The van der Waals surface area contributed by atoms with E-state index in [0.717, 1.165) is 74.0 Å². The second kappa shape index (κ2) is 21.1. The first-order valence-electron chi connectivity index (χ1n) is 20.2. The van der Waals surface area contributed by atoms with Crippen molar-refractivity contribution in [3.8, 4) is 22.3 Å². The normalized spacial score (nSPS) is 11.2. The van der Waals surface area contributed by atoms with E-state index in [4.69, 9.17) is 20.6 Å². The molecule has 7 rings (SSSR count). The van der Waals surface area contributed by atoms with Gasteiger partial charge in [0.2, 0.25) is 11.9 Å². The van der Waals surface area contributed by atoms with Crippen molar-refractivity contribution in [2.45, 2.75) is 81.6 Å². The maximum atomic E-state index is 13.2. The number of aliphatic carboxylic acids is 1. The molecule has 0 aliphatic heterocycles. The highest BCUT2D eigenvalue weighted by molar-refractivity contribution is 5.87. The summed E-state index contributed by atoms with van der Waals surface area (Å²) in [5, 5.41) is 25.8. The standard InChI is InChI=1S/C23H25N5O2.C19H21N5O2.C4H8O2.CH4/c1-6-16-11-20-15(12-24-16)9-19(22(29)28(20)5)18-10-17(8-7-14(18)4)25-23-26-21(13(2)3)30-27-23;1-4-13-9-17-12(10-21-13)7-16(18(25)24(17)3)15-8-14(6-5-11(15)2)22-19(20)23-26;1-3(2)4(5)6;/h7-13H,6H2,1-5H3,(H,25,27);5-10,26H,4H2,1-3H3,(H3,20,22,23);3H,1-2H3,(H,5,6);1H4. The van der Waals surface area contributed by atoms with Crippen LogP contribution in [-0.4, -0.2) is 51.5 Å². The molecule has 2 aromatic carbocycles. The van der Waals surface area contributed by atoms with Crippen molar-refractivity contribution in [3.05, 3.63) is 122 Å². The van der Waals surface area contributed by atoms with Crippen LogP contribution in [0.2, 0.25) is 0 Å². The molecule has 16 heteroatoms. The highest BCUT2D eigenvalue weighted by atomic mass is 16.5. The predicted molar refractivity (Wildman–Crippen MR) is 250 cm³/mol. The SMILES string of the molecule is C.CC(C)C(=O)O.CCc1cc2c(cn1)cc(-c1cc(N=C(N)NO)ccc1C)c(=O)n2C.CCc1cc2c(cn1)cc(-c1cc(Nc3noc(C(C)C)n3)ccc1C)c(=O)n2C. The number of aryl methyl sites for hydroxylation is 6. The van der Waals surface area contributed by atoms with Gasteiger partial charge in [-0.05, 0) is 103 Å². The average Bonchev–Trinajstić information content (AvgIpc) is 3.74. The number of nitrogens with two attached hydrogens (primary N) is 1. The van der Waals surface area contributed by atoms with E-state index < -0.39 is 5.97 Å². The fraction of sp³-hybridized carbons (Fsp3) is 0.319. The minimum absolute atomic E-state index is 0. The Morgan fingerprint density at radius 1 is 0.794 bits per heavy atom. The van der Waals surface area contributed by atoms with Gasteiger partial charge in [0.25, 0.3) is 17.1 Å². The van der Waals surface area contributed by atoms with Crippen LogP contribution in [0.25, 0.3) is 44.1 Å². The monoisotopic (exact) mass is 858 g/mol. The molecule has 63 heavy (non-hydrogen) atoms. The lowest BCUT2D eigenvalue weighted by molar-refractivity contribution is -0.140. The van der Waals surface area contributed by atoms with Crippen molar-refractivity contribution >= 4 is 51.1 Å². The quantitative estimate of drug-likeness (QED) is 0.0522. The highest BCUT2D eigenvalue weighted by Crippen LogP contribution is 2.30. The van der Waals surface area contributed by atoms with Gasteiger partial charge in [-0.3, -0.25) is 29.6 Å². The van der Waals surface area contributed by atoms with Gasteiger partial charge in [0, 0.05) is 71.4 Å². The summed E-state index contributed by atoms with van der Waals surface area (Å²) < 4.78 is 8.59. The molecule has 16 nitrogen and oxygen atoms in total. The lowest BCUT2D eigenvalue weighted by Crippen LogP contribution is -2.27. The summed E-state index contributed by atoms with van der Waals surface area (Å²) in [4.78, 5) is 53.1. The maximum Gasteiger partial charge on any atom is 0.305 e. The number of hydroxylamine groups is 1. The van der Waals surface area contributed by atoms with Crippen molar-refractivity contribution in [1.29, 1.82) is 0 Å². The van der Waals surface area contributed by atoms with Crippen LogP contribution in [0.4, 0.5) is 17.3 Å². The van der Waals surface area contributed by atoms with Crippen LogP contribution in [0, 0.1) is 19.8 Å². The maximum absolute atomic E-state index is 13.2. The zero-order valence-corrected chi connectivity index (χ0v) is 36.7. The number of aromatic nitrogens is 6. The number of anilines is 2. The molecule has 0 amide bonds. The fourth-order valence-corrected chi connectivity index (χ4v) is 6.36. The van der Waals surface area contributed by atoms with Gasteiger partial charge < -0.3 is 29.8 Å². The van der Waals surface area contributed by atoms with E-state index in [1.807, 2.05) is 89.3 Å². The minimum Gasteiger partial charge on any atom is -0.481 e. The Morgan fingerprint density at radius 2 is 1.29 bits per heavy atom. The summed E-state index contributed by atoms with van der Waals surface area (Å²) >= 11 is 0. The molecule has 0 saturated heterocycles. The molecular formula is C47H58N10O6. The molecule has 0 aliphatic carbocycles. The fourth-order valence-electron chi connectivity index (χ4n) is 6.36. The molecule has 5 aromatic heterocycles. The van der Waals surface area contributed by atoms with Crippen LogP contribution < -0.4 is 27.6 Å². The van der Waals surface area contributed by atoms with Gasteiger partial charge >= 0.3 is 5.97 Å². The van der Waals surface area contributed by atoms with E-state index in [0.29, 0.717) is 28.7 Å². The van der Waals surface area contributed by atoms with Crippen LogP contribution in [0.1, 0.15) is 83.3 Å². The zero-order valence-electron chi connectivity index (χ0n) is 36.7. The first kappa shape index (κ1) is 48.5. The number of hydrogen-bond donors (Lipinski definition) is 5. The molecule has 6 N–H and O–H groups in total. The molecule has 5 heterocycles. The minimum atomic E-state index is -0.741. The Labute approximate surface area is 366 Å². The molecular weight excluding hydrogens is 801 g/mol. The molecule has 0 saturated carbocycles. The van der Waals surface area contributed by atoms with Crippen molar-refractivity contribution in [2.75, 3.05) is 5.32 Å². The van der Waals surface area contributed by atoms with E-state index in [-0.39, 0.29) is 36.3 Å². The molecule has 0 aliphatic rings. The highest BCUT2D eigenvalue weighted by Gasteiger charge is 2.16. The third kappa shape index (κ3) is 11.4. The lowest BCUT2D eigenvalue weighted by Gasteiger charge is -2.13. The summed E-state index contributed by atoms with van der Waals surface area (Å²) in [5.41, 5.74) is 16.9. The average molecular weight is 859 g/mol. The van der Waals surface area contributed by atoms with Crippen molar-refractivity contribution in [2.24, 2.45) is 30.7 Å². The van der Waals surface area contributed by atoms with Crippen LogP contribution >= 0.6 is 0 Å². The van der Waals surface area contributed by atoms with Crippen molar-refractivity contribution < 1.29 is 19.6 Å². The van der Waals surface area contributed by atoms with Crippen LogP contribution in [-0.2, 0) is 31.7 Å². The number of nitrogens with zero attached hydrogens (tertiary/aromatic N) is 7. The van der Waals surface area contributed by atoms with Gasteiger partial charge in [-0.1, -0.05) is 61.1 Å². The second-order valence-electron chi connectivity index (χ2n) is 15.4. The van der Waals surface area contributed by atoms with Crippen molar-refractivity contribution in [1.82, 2.24) is 34.7 Å². The molecule has 7 aromatic rings. The second-order valence-corrected chi connectivity index (χ2v) is 15.4. The largest absolute Gasteiger partial charge is 0.481 e. The number of nitrogens with one attached hydrogen (secondary N) is 2. The van der Waals surface area contributed by atoms with Crippen LogP contribution in [0.5, 0.6) is 0 Å². The number of aliphatic imine (C=N–C) groups is 1. The van der Waals surface area contributed by atoms with Crippen molar-refractivity contribution in [3.63, 3.8) is 0 Å². The van der Waals surface area contributed by atoms with Gasteiger partial charge in [-0.2, -0.15) is 4.98 Å². The topological polar surface area (TPSA) is 229 Å². The van der Waals surface area contributed by atoms with E-state index in [9.17, 15) is 14.4 Å². The van der Waals surface area contributed by atoms with Gasteiger partial charge in [-0.15, -0.1) is 0 Å². The number of rotatable bonds is 9. The number of carbonyl (C=O) groups is 1. The number of hydrogen-bond acceptors (Lipinski definition) is 11. The molecule has 332 valence electrons. The van der Waals surface area contributed by atoms with E-state index >= 15 is 0 Å². The number of carboxylic acid groups (broad SMARTS) is 1. The van der Waals surface area contributed by atoms with Gasteiger partial charge in [0.05, 0.1) is 22.6 Å². The molecule has 0 radical (unpaired) electrons. The Hall–Kier alpha value is -7.20. The summed E-state index contributed by atoms with van der Waals surface area (Å²) in [6.45, 7) is 15.3. The first-order chi connectivity index (χ1) is 29.4. The number of carboxylic acids is 1. The van der Waals surface area contributed by atoms with Gasteiger partial charge in [0.15, 0.2) is 0 Å². The van der Waals surface area contributed by atoms with E-state index in [2.05, 4.69) is 37.3 Å². The smallest absolute Gasteiger partial charge is 0.305 e. The summed E-state index contributed by atoms with van der Waals surface area (Å²) in [7, 11) is 3.57. The van der Waals surface area contributed by atoms with Crippen LogP contribution in [0.15, 0.2) is 92.2 Å². The summed E-state index contributed by atoms with van der Waals surface area (Å²) in [6.07, 6.45) is 5.27. The lowest BCUT2D eigenvalue weighted by atomic mass is 9.99. The third-order valence-electron chi connectivity index (χ3n) is 10.1. The van der Waals surface area contributed by atoms with Gasteiger partial charge in [-0.25, -0.2) is 10.5 Å². The van der Waals surface area contributed by atoms with Crippen LogP contribution in [0.3, 0.4) is 0 Å². The number of benzene rings is 2.